The molecular formula is C27H29F3N2O5. The SMILES string of the molecule is CC(C)(C)[C@H]1CC[C@]2(CC1)C(=O)N(c1ccc(OC(F)(F)F)cc1)C(=O)N2Cc1ccc(C(=O)O)cc1. The van der Waals surface area contributed by atoms with E-state index >= 15 is 0 Å². The number of hydrogen-bond donors (Lipinski definition) is 1. The highest BCUT2D eigenvalue weighted by molar-refractivity contribution is 6.23. The van der Waals surface area contributed by atoms with Gasteiger partial charge in [0.25, 0.3) is 5.91 Å². The molecule has 2 fully saturated rings. The Hall–Kier alpha value is -3.56. The lowest BCUT2D eigenvalue weighted by Crippen LogP contribution is -2.52. The summed E-state index contributed by atoms with van der Waals surface area (Å²) in [5, 5.41) is 9.18. The molecule has 0 bridgehead atoms. The molecule has 1 saturated heterocycles. The van der Waals surface area contributed by atoms with Crippen LogP contribution in [0.15, 0.2) is 48.5 Å². The monoisotopic (exact) mass is 518 g/mol. The lowest BCUT2D eigenvalue weighted by Gasteiger charge is -2.44. The number of nitrogens with zero attached hydrogens (tertiary/aromatic N) is 2. The molecule has 1 aliphatic carbocycles. The first-order valence-corrected chi connectivity index (χ1v) is 12.1. The highest BCUT2D eigenvalue weighted by atomic mass is 19.4. The first-order chi connectivity index (χ1) is 17.2. The van der Waals surface area contributed by atoms with E-state index in [1.807, 2.05) is 0 Å². The Morgan fingerprint density at radius 1 is 1.00 bits per heavy atom. The summed E-state index contributed by atoms with van der Waals surface area (Å²) in [4.78, 5) is 41.3. The number of rotatable bonds is 5. The predicted octanol–water partition coefficient (Wildman–Crippen LogP) is 6.23. The number of hydrogen-bond acceptors (Lipinski definition) is 4. The Morgan fingerprint density at radius 3 is 2.05 bits per heavy atom. The van der Waals surface area contributed by atoms with Crippen LogP contribution in [0.3, 0.4) is 0 Å². The van der Waals surface area contributed by atoms with Crippen LogP contribution in [-0.2, 0) is 11.3 Å². The highest BCUT2D eigenvalue weighted by Crippen LogP contribution is 2.48. The molecule has 1 aliphatic heterocycles. The molecule has 2 aromatic carbocycles. The van der Waals surface area contributed by atoms with Gasteiger partial charge in [0, 0.05) is 6.54 Å². The number of halogens is 3. The summed E-state index contributed by atoms with van der Waals surface area (Å²) < 4.78 is 41.6. The molecule has 1 heterocycles. The van der Waals surface area contributed by atoms with Crippen molar-refractivity contribution in [1.82, 2.24) is 4.90 Å². The maximum atomic E-state index is 13.9. The van der Waals surface area contributed by atoms with Gasteiger partial charge in [0.05, 0.1) is 11.3 Å². The normalized spacial score (nSPS) is 22.6. The van der Waals surface area contributed by atoms with Crippen molar-refractivity contribution in [3.8, 4) is 5.75 Å². The van der Waals surface area contributed by atoms with Gasteiger partial charge in [-0.15, -0.1) is 13.2 Å². The number of alkyl halides is 3. The van der Waals surface area contributed by atoms with Crippen molar-refractivity contribution < 1.29 is 37.4 Å². The molecule has 0 unspecified atom stereocenters. The molecule has 198 valence electrons. The molecule has 0 radical (unpaired) electrons. The minimum atomic E-state index is -4.86. The predicted molar refractivity (Wildman–Crippen MR) is 129 cm³/mol. The van der Waals surface area contributed by atoms with Crippen LogP contribution in [0.5, 0.6) is 5.75 Å². The van der Waals surface area contributed by atoms with Crippen molar-refractivity contribution in [2.24, 2.45) is 11.3 Å². The van der Waals surface area contributed by atoms with E-state index in [4.69, 9.17) is 0 Å². The molecule has 2 aliphatic rings. The van der Waals surface area contributed by atoms with Crippen molar-refractivity contribution >= 4 is 23.6 Å². The number of anilines is 1. The Labute approximate surface area is 212 Å². The molecule has 3 amide bonds. The summed E-state index contributed by atoms with van der Waals surface area (Å²) in [6, 6.07) is 10.2. The molecular weight excluding hydrogens is 489 g/mol. The molecule has 1 N–H and O–H groups in total. The quantitative estimate of drug-likeness (QED) is 0.475. The summed E-state index contributed by atoms with van der Waals surface area (Å²) in [6.07, 6.45) is -2.47. The number of urea groups is 1. The summed E-state index contributed by atoms with van der Waals surface area (Å²) in [5.74, 6) is -1.56. The molecule has 10 heteroatoms. The number of benzene rings is 2. The average molecular weight is 519 g/mol. The zero-order valence-corrected chi connectivity index (χ0v) is 20.8. The second-order valence-corrected chi connectivity index (χ2v) is 10.7. The van der Waals surface area contributed by atoms with Crippen LogP contribution in [0.4, 0.5) is 23.7 Å². The molecule has 0 aromatic heterocycles. The number of carbonyl (C=O) groups excluding carboxylic acids is 2. The van der Waals surface area contributed by atoms with Crippen LogP contribution in [-0.4, -0.2) is 39.8 Å². The van der Waals surface area contributed by atoms with Gasteiger partial charge in [0.15, 0.2) is 0 Å². The van der Waals surface area contributed by atoms with E-state index in [1.165, 1.54) is 29.2 Å². The van der Waals surface area contributed by atoms with Crippen molar-refractivity contribution in [2.75, 3.05) is 4.90 Å². The van der Waals surface area contributed by atoms with Gasteiger partial charge in [-0.3, -0.25) is 4.79 Å². The van der Waals surface area contributed by atoms with Gasteiger partial charge in [0.2, 0.25) is 0 Å². The third-order valence-corrected chi connectivity index (χ3v) is 7.45. The second-order valence-electron chi connectivity index (χ2n) is 10.7. The molecule has 7 nitrogen and oxygen atoms in total. The van der Waals surface area contributed by atoms with Crippen molar-refractivity contribution in [3.05, 3.63) is 59.7 Å². The number of carboxylic acids is 1. The Balaban J connectivity index is 1.66. The van der Waals surface area contributed by atoms with Crippen LogP contribution in [0.25, 0.3) is 0 Å². The van der Waals surface area contributed by atoms with Crippen LogP contribution in [0.1, 0.15) is 62.4 Å². The van der Waals surface area contributed by atoms with E-state index in [0.29, 0.717) is 24.3 Å². The lowest BCUT2D eigenvalue weighted by atomic mass is 9.67. The van der Waals surface area contributed by atoms with Gasteiger partial charge in [-0.1, -0.05) is 32.9 Å². The van der Waals surface area contributed by atoms with Crippen LogP contribution in [0.2, 0.25) is 0 Å². The number of imide groups is 1. The summed E-state index contributed by atoms with van der Waals surface area (Å²) in [5.41, 5.74) is -0.120. The number of aromatic carboxylic acids is 1. The second kappa shape index (κ2) is 9.39. The Morgan fingerprint density at radius 2 is 1.57 bits per heavy atom. The minimum absolute atomic E-state index is 0.0404. The fourth-order valence-corrected chi connectivity index (χ4v) is 5.34. The lowest BCUT2D eigenvalue weighted by molar-refractivity contribution is -0.274. The molecule has 2 aromatic rings. The van der Waals surface area contributed by atoms with E-state index in [1.54, 1.807) is 12.1 Å². The summed E-state index contributed by atoms with van der Waals surface area (Å²) in [7, 11) is 0. The van der Waals surface area contributed by atoms with E-state index in [0.717, 1.165) is 29.9 Å². The van der Waals surface area contributed by atoms with Crippen LogP contribution >= 0.6 is 0 Å². The largest absolute Gasteiger partial charge is 0.573 e. The Bertz CT molecular complexity index is 1180. The van der Waals surface area contributed by atoms with Gasteiger partial charge in [-0.2, -0.15) is 0 Å². The maximum absolute atomic E-state index is 13.9. The summed E-state index contributed by atoms with van der Waals surface area (Å²) in [6.45, 7) is 6.54. The number of carboxylic acid groups (broad SMARTS) is 1. The number of carbonyl (C=O) groups is 3. The topological polar surface area (TPSA) is 87.2 Å². The zero-order chi connectivity index (χ0) is 27.2. The number of amides is 3. The average Bonchev–Trinajstić information content (AvgIpc) is 3.00. The molecule has 4 rings (SSSR count). The van der Waals surface area contributed by atoms with E-state index in [9.17, 15) is 32.7 Å². The number of ether oxygens (including phenoxy) is 1. The fourth-order valence-electron chi connectivity index (χ4n) is 5.34. The van der Waals surface area contributed by atoms with Crippen molar-refractivity contribution in [2.45, 2.75) is 64.9 Å². The first kappa shape index (κ1) is 26.5. The first-order valence-electron chi connectivity index (χ1n) is 12.1. The van der Waals surface area contributed by atoms with E-state index in [-0.39, 0.29) is 23.2 Å². The van der Waals surface area contributed by atoms with Crippen molar-refractivity contribution in [1.29, 1.82) is 0 Å². The molecule has 1 spiro atoms. The van der Waals surface area contributed by atoms with Crippen molar-refractivity contribution in [3.63, 3.8) is 0 Å². The standard InChI is InChI=1S/C27H29F3N2O5/c1-25(2,3)19-12-14-26(15-13-19)23(35)32(20-8-10-21(11-9-20)37-27(28,29)30)24(36)31(26)16-17-4-6-18(7-5-17)22(33)34/h4-11,19H,12-16H2,1-3H3,(H,33,34)/t19-,26-. The van der Waals surface area contributed by atoms with Gasteiger partial charge in [-0.25, -0.2) is 14.5 Å². The van der Waals surface area contributed by atoms with Gasteiger partial charge >= 0.3 is 18.4 Å². The van der Waals surface area contributed by atoms with Gasteiger partial charge in [-0.05, 0) is 79.0 Å². The molecule has 37 heavy (non-hydrogen) atoms. The third-order valence-electron chi connectivity index (χ3n) is 7.45. The minimum Gasteiger partial charge on any atom is -0.478 e. The molecule has 1 saturated carbocycles. The van der Waals surface area contributed by atoms with Gasteiger partial charge in [0.1, 0.15) is 11.3 Å². The van der Waals surface area contributed by atoms with E-state index in [2.05, 4.69) is 25.5 Å². The van der Waals surface area contributed by atoms with Gasteiger partial charge < -0.3 is 14.7 Å². The fraction of sp³-hybridized carbons (Fsp3) is 0.444. The van der Waals surface area contributed by atoms with E-state index < -0.39 is 35.6 Å². The van der Waals surface area contributed by atoms with Crippen LogP contribution < -0.4 is 9.64 Å². The van der Waals surface area contributed by atoms with Crippen LogP contribution in [0, 0.1) is 11.3 Å². The highest BCUT2D eigenvalue weighted by Gasteiger charge is 2.59. The zero-order valence-electron chi connectivity index (χ0n) is 20.8. The summed E-state index contributed by atoms with van der Waals surface area (Å²) >= 11 is 0. The smallest absolute Gasteiger partial charge is 0.478 e. The Kier molecular flexibility index (Phi) is 6.73. The molecule has 0 atom stereocenters. The third kappa shape index (κ3) is 5.28. The maximum Gasteiger partial charge on any atom is 0.573 e.